The lowest BCUT2D eigenvalue weighted by Gasteiger charge is -2.27. The molecule has 8 heteroatoms. The first-order chi connectivity index (χ1) is 13.6. The Balaban J connectivity index is 1.47. The van der Waals surface area contributed by atoms with E-state index in [1.807, 2.05) is 4.90 Å². The fourth-order valence-electron chi connectivity index (χ4n) is 3.78. The van der Waals surface area contributed by atoms with Crippen molar-refractivity contribution in [3.63, 3.8) is 0 Å². The van der Waals surface area contributed by atoms with Gasteiger partial charge < -0.3 is 4.90 Å². The number of nitrogens with zero attached hydrogens (tertiary/aromatic N) is 3. The summed E-state index contributed by atoms with van der Waals surface area (Å²) >= 11 is 1.19. The molecule has 1 atom stereocenters. The SMILES string of the molecule is O=C(Nc1nc2c(s1)C(=O)C[C@@H](C(=O)N1CCCCCC1)C2)c1ccncc1. The van der Waals surface area contributed by atoms with Crippen LogP contribution >= 0.6 is 11.3 Å². The Bertz CT molecular complexity index is 888. The number of nitrogens with one attached hydrogen (secondary N) is 1. The number of amides is 2. The highest BCUT2D eigenvalue weighted by Crippen LogP contribution is 2.33. The molecular formula is C20H22N4O3S. The van der Waals surface area contributed by atoms with Gasteiger partial charge in [-0.2, -0.15) is 0 Å². The summed E-state index contributed by atoms with van der Waals surface area (Å²) in [6.45, 7) is 1.56. The maximum atomic E-state index is 12.9. The number of hydrogen-bond donors (Lipinski definition) is 1. The molecule has 0 unspecified atom stereocenters. The van der Waals surface area contributed by atoms with Crippen LogP contribution in [-0.4, -0.2) is 45.6 Å². The van der Waals surface area contributed by atoms with Crippen molar-refractivity contribution in [3.05, 3.63) is 40.7 Å². The lowest BCUT2D eigenvalue weighted by molar-refractivity contribution is -0.135. The van der Waals surface area contributed by atoms with Crippen LogP contribution in [0.5, 0.6) is 0 Å². The Morgan fingerprint density at radius 3 is 2.50 bits per heavy atom. The number of thiazole rings is 1. The van der Waals surface area contributed by atoms with Crippen molar-refractivity contribution < 1.29 is 14.4 Å². The minimum Gasteiger partial charge on any atom is -0.342 e. The van der Waals surface area contributed by atoms with Gasteiger partial charge in [-0.1, -0.05) is 24.2 Å². The van der Waals surface area contributed by atoms with Crippen LogP contribution in [0.3, 0.4) is 0 Å². The van der Waals surface area contributed by atoms with Gasteiger partial charge in [0.2, 0.25) is 5.91 Å². The zero-order valence-electron chi connectivity index (χ0n) is 15.5. The summed E-state index contributed by atoms with van der Waals surface area (Å²) < 4.78 is 0. The number of carbonyl (C=O) groups is 3. The van der Waals surface area contributed by atoms with Crippen LogP contribution in [-0.2, 0) is 11.2 Å². The Kier molecular flexibility index (Phi) is 5.47. The molecule has 1 saturated heterocycles. The van der Waals surface area contributed by atoms with E-state index in [9.17, 15) is 14.4 Å². The molecule has 2 amide bonds. The molecule has 3 heterocycles. The molecule has 1 aliphatic carbocycles. The van der Waals surface area contributed by atoms with E-state index in [-0.39, 0.29) is 29.9 Å². The van der Waals surface area contributed by atoms with Gasteiger partial charge in [-0.05, 0) is 25.0 Å². The fourth-order valence-corrected chi connectivity index (χ4v) is 4.72. The van der Waals surface area contributed by atoms with Crippen molar-refractivity contribution in [1.82, 2.24) is 14.9 Å². The van der Waals surface area contributed by atoms with E-state index in [1.54, 1.807) is 24.5 Å². The van der Waals surface area contributed by atoms with Gasteiger partial charge in [0, 0.05) is 43.9 Å². The third-order valence-electron chi connectivity index (χ3n) is 5.25. The van der Waals surface area contributed by atoms with E-state index < -0.39 is 0 Å². The van der Waals surface area contributed by atoms with Crippen LogP contribution in [0.1, 0.15) is 57.8 Å². The lowest BCUT2D eigenvalue weighted by Crippen LogP contribution is -2.40. The number of rotatable bonds is 3. The number of hydrogen-bond acceptors (Lipinski definition) is 6. The first-order valence-corrected chi connectivity index (χ1v) is 10.5. The van der Waals surface area contributed by atoms with E-state index in [0.29, 0.717) is 27.7 Å². The number of fused-ring (bicyclic) bond motifs is 1. The Labute approximate surface area is 167 Å². The van der Waals surface area contributed by atoms with Gasteiger partial charge in [0.15, 0.2) is 10.9 Å². The molecule has 1 N–H and O–H groups in total. The summed E-state index contributed by atoms with van der Waals surface area (Å²) in [6.07, 6.45) is 8.14. The topological polar surface area (TPSA) is 92.3 Å². The molecule has 1 aliphatic heterocycles. The van der Waals surface area contributed by atoms with Crippen molar-refractivity contribution in [3.8, 4) is 0 Å². The van der Waals surface area contributed by atoms with Crippen molar-refractivity contribution in [2.24, 2.45) is 5.92 Å². The van der Waals surface area contributed by atoms with Gasteiger partial charge >= 0.3 is 0 Å². The number of carbonyl (C=O) groups excluding carboxylic acids is 3. The Morgan fingerprint density at radius 1 is 1.07 bits per heavy atom. The summed E-state index contributed by atoms with van der Waals surface area (Å²) in [7, 11) is 0. The molecule has 28 heavy (non-hydrogen) atoms. The number of anilines is 1. The van der Waals surface area contributed by atoms with E-state index in [0.717, 1.165) is 38.8 Å². The van der Waals surface area contributed by atoms with Gasteiger partial charge in [0.1, 0.15) is 0 Å². The summed E-state index contributed by atoms with van der Waals surface area (Å²) in [4.78, 5) is 48.6. The number of ketones is 1. The highest BCUT2D eigenvalue weighted by molar-refractivity contribution is 7.17. The van der Waals surface area contributed by atoms with Crippen LogP contribution in [0.4, 0.5) is 5.13 Å². The van der Waals surface area contributed by atoms with Crippen LogP contribution in [0, 0.1) is 5.92 Å². The first kappa shape index (κ1) is 18.7. The molecule has 2 aromatic heterocycles. The standard InChI is InChI=1S/C20H22N4O3S/c25-16-12-14(19(27)24-9-3-1-2-4-10-24)11-15-17(16)28-20(22-15)23-18(26)13-5-7-21-8-6-13/h5-8,14H,1-4,9-12H2,(H,22,23,26)/t14-/m0/s1. The van der Waals surface area contributed by atoms with Crippen LogP contribution in [0.25, 0.3) is 0 Å². The fraction of sp³-hybridized carbons (Fsp3) is 0.450. The molecule has 0 radical (unpaired) electrons. The van der Waals surface area contributed by atoms with E-state index in [4.69, 9.17) is 0 Å². The molecule has 2 aliphatic rings. The quantitative estimate of drug-likeness (QED) is 0.858. The lowest BCUT2D eigenvalue weighted by atomic mass is 9.89. The van der Waals surface area contributed by atoms with Gasteiger partial charge in [-0.25, -0.2) is 4.98 Å². The first-order valence-electron chi connectivity index (χ1n) is 9.65. The predicted molar refractivity (Wildman–Crippen MR) is 105 cm³/mol. The molecule has 0 spiro atoms. The predicted octanol–water partition coefficient (Wildman–Crippen LogP) is 2.94. The van der Waals surface area contributed by atoms with Gasteiger partial charge in [0.05, 0.1) is 16.5 Å². The highest BCUT2D eigenvalue weighted by atomic mass is 32.1. The largest absolute Gasteiger partial charge is 0.342 e. The summed E-state index contributed by atoms with van der Waals surface area (Å²) in [6, 6.07) is 3.23. The van der Waals surface area contributed by atoms with Gasteiger partial charge in [-0.15, -0.1) is 0 Å². The number of pyridine rings is 1. The second-order valence-corrected chi connectivity index (χ2v) is 8.25. The average Bonchev–Trinajstić information content (AvgIpc) is 2.93. The minimum atomic E-state index is -0.344. The van der Waals surface area contributed by atoms with Crippen molar-refractivity contribution >= 4 is 34.1 Å². The average molecular weight is 398 g/mol. The van der Waals surface area contributed by atoms with E-state index in [2.05, 4.69) is 15.3 Å². The molecule has 2 aromatic rings. The number of Topliss-reactive ketones (excluding diaryl/α,β-unsaturated/α-hetero) is 1. The molecular weight excluding hydrogens is 376 g/mol. The molecule has 7 nitrogen and oxygen atoms in total. The third kappa shape index (κ3) is 3.96. The summed E-state index contributed by atoms with van der Waals surface area (Å²) in [5.74, 6) is -0.630. The van der Waals surface area contributed by atoms with Crippen LogP contribution in [0.15, 0.2) is 24.5 Å². The summed E-state index contributed by atoms with van der Waals surface area (Å²) in [5.41, 5.74) is 1.10. The van der Waals surface area contributed by atoms with Crippen LogP contribution < -0.4 is 5.32 Å². The molecule has 4 rings (SSSR count). The van der Waals surface area contributed by atoms with Crippen LogP contribution in [0.2, 0.25) is 0 Å². The van der Waals surface area contributed by atoms with Crippen molar-refractivity contribution in [2.75, 3.05) is 18.4 Å². The smallest absolute Gasteiger partial charge is 0.257 e. The molecule has 1 fully saturated rings. The van der Waals surface area contributed by atoms with Crippen molar-refractivity contribution in [1.29, 1.82) is 0 Å². The maximum Gasteiger partial charge on any atom is 0.257 e. The summed E-state index contributed by atoms with van der Waals surface area (Å²) in [5, 5.41) is 3.14. The molecule has 0 aromatic carbocycles. The third-order valence-corrected chi connectivity index (χ3v) is 6.31. The normalized spacial score (nSPS) is 19.6. The van der Waals surface area contributed by atoms with Crippen molar-refractivity contribution in [2.45, 2.75) is 38.5 Å². The van der Waals surface area contributed by atoms with E-state index in [1.165, 1.54) is 11.3 Å². The molecule has 0 bridgehead atoms. The monoisotopic (exact) mass is 398 g/mol. The minimum absolute atomic E-state index is 0.0590. The second-order valence-electron chi connectivity index (χ2n) is 7.25. The maximum absolute atomic E-state index is 12.9. The molecule has 0 saturated carbocycles. The number of likely N-dealkylation sites (tertiary alicyclic amines) is 1. The zero-order chi connectivity index (χ0) is 19.5. The molecule has 146 valence electrons. The van der Waals surface area contributed by atoms with E-state index >= 15 is 0 Å². The Morgan fingerprint density at radius 2 is 1.79 bits per heavy atom. The zero-order valence-corrected chi connectivity index (χ0v) is 16.3. The highest BCUT2D eigenvalue weighted by Gasteiger charge is 2.35. The van der Waals surface area contributed by atoms with Gasteiger partial charge in [-0.3, -0.25) is 24.7 Å². The Hall–Kier alpha value is -2.61. The second kappa shape index (κ2) is 8.18. The number of aromatic nitrogens is 2. The van der Waals surface area contributed by atoms with Gasteiger partial charge in [0.25, 0.3) is 5.91 Å².